The number of ether oxygens (including phenoxy) is 3. The molecular weight excluding hydrogens is 442 g/mol. The normalized spacial score (nSPS) is 23.0. The molecule has 0 saturated carbocycles. The third kappa shape index (κ3) is 8.06. The van der Waals surface area contributed by atoms with Crippen LogP contribution in [0.2, 0.25) is 0 Å². The standard InChI is InChI=1S/C16H19NO4.C9H12O4/c1-20-15(18)13-9-5-6-10-14(13)17-16(19)21-11-12-7-3-2-4-8-12;1-13-9(12)7-5-3-2-4-6(7)8(10)11/h2-8,13-14H,9-11H2,1H3,(H,17,19);2-3,6-7H,4-5H2,1H3,(H,10,11)/t13-,14+;6-,7+/m01/s1. The number of methoxy groups -OCH3 is 2. The van der Waals surface area contributed by atoms with Gasteiger partial charge in [0.2, 0.25) is 0 Å². The van der Waals surface area contributed by atoms with Crippen molar-refractivity contribution in [2.75, 3.05) is 14.2 Å². The Morgan fingerprint density at radius 2 is 1.35 bits per heavy atom. The molecule has 1 amide bonds. The number of allylic oxidation sites excluding steroid dienone is 3. The average molecular weight is 474 g/mol. The van der Waals surface area contributed by atoms with Gasteiger partial charge in [-0.2, -0.15) is 0 Å². The quantitative estimate of drug-likeness (QED) is 0.366. The lowest BCUT2D eigenvalue weighted by Gasteiger charge is -2.26. The molecule has 9 nitrogen and oxygen atoms in total. The Labute approximate surface area is 198 Å². The van der Waals surface area contributed by atoms with Gasteiger partial charge in [0.1, 0.15) is 6.61 Å². The zero-order valence-corrected chi connectivity index (χ0v) is 19.3. The Kier molecular flexibility index (Phi) is 10.8. The van der Waals surface area contributed by atoms with Crippen LogP contribution in [0.15, 0.2) is 54.6 Å². The van der Waals surface area contributed by atoms with Gasteiger partial charge in [-0.25, -0.2) is 4.79 Å². The van der Waals surface area contributed by atoms with Crippen molar-refractivity contribution in [1.82, 2.24) is 5.32 Å². The number of carboxylic acid groups (broad SMARTS) is 1. The molecule has 34 heavy (non-hydrogen) atoms. The zero-order chi connectivity index (χ0) is 24.9. The summed E-state index contributed by atoms with van der Waals surface area (Å²) in [7, 11) is 2.63. The lowest BCUT2D eigenvalue weighted by Crippen LogP contribution is -2.44. The third-order valence-electron chi connectivity index (χ3n) is 5.71. The number of carboxylic acids is 1. The van der Waals surface area contributed by atoms with Crippen molar-refractivity contribution < 1.29 is 38.5 Å². The molecular formula is C25H31NO8. The van der Waals surface area contributed by atoms with Crippen molar-refractivity contribution in [3.05, 3.63) is 60.2 Å². The van der Waals surface area contributed by atoms with Crippen molar-refractivity contribution in [3.8, 4) is 0 Å². The summed E-state index contributed by atoms with van der Waals surface area (Å²) in [4.78, 5) is 45.4. The van der Waals surface area contributed by atoms with Gasteiger partial charge in [0.15, 0.2) is 0 Å². The van der Waals surface area contributed by atoms with Gasteiger partial charge in [-0.1, -0.05) is 54.6 Å². The molecule has 0 radical (unpaired) electrons. The van der Waals surface area contributed by atoms with Crippen LogP contribution in [0.3, 0.4) is 0 Å². The number of hydrogen-bond acceptors (Lipinski definition) is 7. The molecule has 0 spiro atoms. The van der Waals surface area contributed by atoms with Crippen molar-refractivity contribution >= 4 is 24.0 Å². The van der Waals surface area contributed by atoms with Crippen LogP contribution in [0.25, 0.3) is 0 Å². The van der Waals surface area contributed by atoms with E-state index in [1.165, 1.54) is 14.2 Å². The molecule has 0 aliphatic heterocycles. The maximum absolute atomic E-state index is 11.8. The summed E-state index contributed by atoms with van der Waals surface area (Å²) in [5, 5.41) is 11.6. The Morgan fingerprint density at radius 3 is 1.94 bits per heavy atom. The van der Waals surface area contributed by atoms with Crippen molar-refractivity contribution in [3.63, 3.8) is 0 Å². The van der Waals surface area contributed by atoms with E-state index >= 15 is 0 Å². The van der Waals surface area contributed by atoms with Crippen LogP contribution in [-0.2, 0) is 35.2 Å². The van der Waals surface area contributed by atoms with Crippen molar-refractivity contribution in [2.24, 2.45) is 17.8 Å². The van der Waals surface area contributed by atoms with E-state index in [4.69, 9.17) is 14.6 Å². The van der Waals surface area contributed by atoms with E-state index in [0.717, 1.165) is 5.56 Å². The molecule has 0 bridgehead atoms. The molecule has 0 saturated heterocycles. The maximum atomic E-state index is 11.8. The highest BCUT2D eigenvalue weighted by atomic mass is 16.5. The van der Waals surface area contributed by atoms with Gasteiger partial charge in [-0.15, -0.1) is 0 Å². The number of carbonyl (C=O) groups is 4. The summed E-state index contributed by atoms with van der Waals surface area (Å²) in [6, 6.07) is 9.15. The van der Waals surface area contributed by atoms with Crippen molar-refractivity contribution in [2.45, 2.75) is 38.3 Å². The van der Waals surface area contributed by atoms with Crippen LogP contribution in [-0.4, -0.2) is 49.4 Å². The van der Waals surface area contributed by atoms with Crippen LogP contribution in [0, 0.1) is 17.8 Å². The number of amides is 1. The van der Waals surface area contributed by atoms with Gasteiger partial charge < -0.3 is 24.6 Å². The first-order valence-electron chi connectivity index (χ1n) is 11.0. The first-order valence-corrected chi connectivity index (χ1v) is 11.0. The predicted molar refractivity (Wildman–Crippen MR) is 122 cm³/mol. The van der Waals surface area contributed by atoms with E-state index in [2.05, 4.69) is 10.1 Å². The maximum Gasteiger partial charge on any atom is 0.407 e. The first kappa shape index (κ1) is 26.6. The van der Waals surface area contributed by atoms with Crippen LogP contribution in [0.1, 0.15) is 31.2 Å². The van der Waals surface area contributed by atoms with Crippen LogP contribution in [0.5, 0.6) is 0 Å². The highest BCUT2D eigenvalue weighted by Gasteiger charge is 2.34. The van der Waals surface area contributed by atoms with Gasteiger partial charge in [0.25, 0.3) is 0 Å². The molecule has 0 aromatic heterocycles. The van der Waals surface area contributed by atoms with Gasteiger partial charge in [-0.05, 0) is 31.2 Å². The van der Waals surface area contributed by atoms with E-state index in [1.54, 1.807) is 6.08 Å². The fourth-order valence-electron chi connectivity index (χ4n) is 3.80. The predicted octanol–water partition coefficient (Wildman–Crippen LogP) is 3.25. The molecule has 4 atom stereocenters. The Balaban J connectivity index is 0.000000270. The number of aliphatic carboxylic acids is 1. The van der Waals surface area contributed by atoms with Crippen LogP contribution in [0.4, 0.5) is 4.79 Å². The molecule has 2 aliphatic carbocycles. The summed E-state index contributed by atoms with van der Waals surface area (Å²) in [5.74, 6) is -3.18. The number of esters is 2. The van der Waals surface area contributed by atoms with E-state index in [-0.39, 0.29) is 24.5 Å². The monoisotopic (exact) mass is 473 g/mol. The highest BCUT2D eigenvalue weighted by Crippen LogP contribution is 2.26. The SMILES string of the molecule is COC(=O)[C@H]1CC=CC[C@H]1C(=O)O.COC(=O)[C@H]1CC=CC[C@H]1NC(=O)OCc1ccccc1. The van der Waals surface area contributed by atoms with Gasteiger partial charge in [-0.3, -0.25) is 14.4 Å². The second kappa shape index (κ2) is 13.8. The van der Waals surface area contributed by atoms with Gasteiger partial charge >= 0.3 is 24.0 Å². The van der Waals surface area contributed by atoms with Gasteiger partial charge in [0, 0.05) is 6.04 Å². The van der Waals surface area contributed by atoms with E-state index in [9.17, 15) is 19.2 Å². The van der Waals surface area contributed by atoms with E-state index in [0.29, 0.717) is 25.7 Å². The second-order valence-electron chi connectivity index (χ2n) is 7.90. The third-order valence-corrected chi connectivity index (χ3v) is 5.71. The summed E-state index contributed by atoms with van der Waals surface area (Å²) < 4.78 is 14.5. The minimum Gasteiger partial charge on any atom is -0.481 e. The van der Waals surface area contributed by atoms with Crippen molar-refractivity contribution in [1.29, 1.82) is 0 Å². The summed E-state index contributed by atoms with van der Waals surface area (Å²) in [5.41, 5.74) is 0.917. The topological polar surface area (TPSA) is 128 Å². The summed E-state index contributed by atoms with van der Waals surface area (Å²) >= 11 is 0. The average Bonchev–Trinajstić information content (AvgIpc) is 2.87. The number of hydrogen-bond donors (Lipinski definition) is 2. The van der Waals surface area contributed by atoms with Crippen LogP contribution >= 0.6 is 0 Å². The number of nitrogens with one attached hydrogen (secondary N) is 1. The van der Waals surface area contributed by atoms with Gasteiger partial charge in [0.05, 0.1) is 32.0 Å². The number of carbonyl (C=O) groups excluding carboxylic acids is 3. The lowest BCUT2D eigenvalue weighted by molar-refractivity contribution is -0.155. The van der Waals surface area contributed by atoms with E-state index in [1.807, 2.05) is 48.6 Å². The second-order valence-corrected chi connectivity index (χ2v) is 7.90. The highest BCUT2D eigenvalue weighted by molar-refractivity contribution is 5.81. The minimum atomic E-state index is -0.931. The molecule has 0 unspecified atom stereocenters. The molecule has 2 N–H and O–H groups in total. The number of alkyl carbamates (subject to hydrolysis) is 1. The molecule has 9 heteroatoms. The zero-order valence-electron chi connectivity index (χ0n) is 19.3. The molecule has 184 valence electrons. The Hall–Kier alpha value is -3.62. The molecule has 1 aromatic rings. The largest absolute Gasteiger partial charge is 0.481 e. The lowest BCUT2D eigenvalue weighted by atomic mass is 9.83. The molecule has 2 aliphatic rings. The minimum absolute atomic E-state index is 0.206. The summed E-state index contributed by atoms with van der Waals surface area (Å²) in [6.07, 6.45) is 9.00. The number of rotatable bonds is 6. The Bertz CT molecular complexity index is 895. The molecule has 1 aromatic carbocycles. The summed E-state index contributed by atoms with van der Waals surface area (Å²) in [6.45, 7) is 0.206. The van der Waals surface area contributed by atoms with E-state index < -0.39 is 29.9 Å². The van der Waals surface area contributed by atoms with Crippen LogP contribution < -0.4 is 5.32 Å². The molecule has 0 heterocycles. The fourth-order valence-corrected chi connectivity index (χ4v) is 3.80. The smallest absolute Gasteiger partial charge is 0.407 e. The number of benzene rings is 1. The Morgan fingerprint density at radius 1 is 0.824 bits per heavy atom. The molecule has 0 fully saturated rings. The fraction of sp³-hybridized carbons (Fsp3) is 0.440. The molecule has 3 rings (SSSR count). The first-order chi connectivity index (χ1) is 16.4.